The van der Waals surface area contributed by atoms with E-state index in [0.717, 1.165) is 16.7 Å². The van der Waals surface area contributed by atoms with Gasteiger partial charge in [0.25, 0.3) is 0 Å². The van der Waals surface area contributed by atoms with E-state index in [9.17, 15) is 8.42 Å². The van der Waals surface area contributed by atoms with Crippen molar-refractivity contribution in [3.05, 3.63) is 59.4 Å². The number of sulfonamides is 1. The molecule has 4 nitrogen and oxygen atoms in total. The Morgan fingerprint density at radius 2 is 1.90 bits per heavy atom. The molecule has 20 heavy (non-hydrogen) atoms. The van der Waals surface area contributed by atoms with E-state index in [2.05, 4.69) is 9.71 Å². The van der Waals surface area contributed by atoms with Crippen LogP contribution in [0.25, 0.3) is 0 Å². The first-order valence-corrected chi connectivity index (χ1v) is 7.88. The first kappa shape index (κ1) is 14.7. The largest absolute Gasteiger partial charge is 0.264 e. The van der Waals surface area contributed by atoms with Crippen LogP contribution in [0.15, 0.2) is 47.6 Å². The molecule has 0 aliphatic carbocycles. The molecule has 1 N–H and O–H groups in total. The second-order valence-corrected chi connectivity index (χ2v) is 6.59. The maximum atomic E-state index is 12.3. The summed E-state index contributed by atoms with van der Waals surface area (Å²) in [6.07, 6.45) is 3.32. The van der Waals surface area contributed by atoms with Gasteiger partial charge in [-0.3, -0.25) is 4.98 Å². The lowest BCUT2D eigenvalue weighted by atomic mass is 10.1. The Kier molecular flexibility index (Phi) is 4.20. The third-order valence-corrected chi connectivity index (χ3v) is 4.84. The van der Waals surface area contributed by atoms with Crippen LogP contribution in [0.2, 0.25) is 0 Å². The predicted octanol–water partition coefficient (Wildman–Crippen LogP) is 2.74. The highest BCUT2D eigenvalue weighted by Gasteiger charge is 2.18. The Morgan fingerprint density at radius 3 is 2.50 bits per heavy atom. The molecule has 0 bridgehead atoms. The SMILES string of the molecule is Cc1ccc(S(=O)(=O)NC(C)c2cccnc2)cc1C. The number of pyridine rings is 1. The summed E-state index contributed by atoms with van der Waals surface area (Å²) < 4.78 is 27.4. The monoisotopic (exact) mass is 290 g/mol. The first-order valence-electron chi connectivity index (χ1n) is 6.39. The lowest BCUT2D eigenvalue weighted by Crippen LogP contribution is -2.27. The molecule has 1 unspecified atom stereocenters. The summed E-state index contributed by atoms with van der Waals surface area (Å²) in [5, 5.41) is 0. The fourth-order valence-electron chi connectivity index (χ4n) is 1.88. The molecule has 0 saturated carbocycles. The molecule has 0 fully saturated rings. The Balaban J connectivity index is 2.25. The topological polar surface area (TPSA) is 59.1 Å². The Hall–Kier alpha value is -1.72. The standard InChI is InChI=1S/C15H18N2O2S/c1-11-6-7-15(9-12(11)2)20(18,19)17-13(3)14-5-4-8-16-10-14/h4-10,13,17H,1-3H3. The molecule has 5 heteroatoms. The van der Waals surface area contributed by atoms with E-state index in [1.165, 1.54) is 0 Å². The van der Waals surface area contributed by atoms with Gasteiger partial charge in [0.1, 0.15) is 0 Å². The molecular weight excluding hydrogens is 272 g/mol. The van der Waals surface area contributed by atoms with E-state index >= 15 is 0 Å². The van der Waals surface area contributed by atoms with E-state index in [0.29, 0.717) is 0 Å². The summed E-state index contributed by atoms with van der Waals surface area (Å²) >= 11 is 0. The van der Waals surface area contributed by atoms with E-state index in [4.69, 9.17) is 0 Å². The fraction of sp³-hybridized carbons (Fsp3) is 0.267. The third-order valence-electron chi connectivity index (χ3n) is 3.31. The van der Waals surface area contributed by atoms with Crippen LogP contribution >= 0.6 is 0 Å². The smallest absolute Gasteiger partial charge is 0.241 e. The van der Waals surface area contributed by atoms with Crippen molar-refractivity contribution in [2.75, 3.05) is 0 Å². The molecule has 1 aromatic carbocycles. The van der Waals surface area contributed by atoms with E-state index in [1.54, 1.807) is 37.5 Å². The molecule has 106 valence electrons. The summed E-state index contributed by atoms with van der Waals surface area (Å²) in [4.78, 5) is 4.29. The first-order chi connectivity index (χ1) is 9.40. The minimum absolute atomic E-state index is 0.288. The number of hydrogen-bond acceptors (Lipinski definition) is 3. The van der Waals surface area contributed by atoms with Crippen LogP contribution in [0, 0.1) is 13.8 Å². The number of aromatic nitrogens is 1. The highest BCUT2D eigenvalue weighted by atomic mass is 32.2. The van der Waals surface area contributed by atoms with E-state index < -0.39 is 10.0 Å². The summed E-state index contributed by atoms with van der Waals surface area (Å²) in [6, 6.07) is 8.44. The highest BCUT2D eigenvalue weighted by molar-refractivity contribution is 7.89. The lowest BCUT2D eigenvalue weighted by Gasteiger charge is -2.15. The molecule has 0 spiro atoms. The molecular formula is C15H18N2O2S. The van der Waals surface area contributed by atoms with Crippen LogP contribution in [-0.2, 0) is 10.0 Å². The minimum atomic E-state index is -3.52. The quantitative estimate of drug-likeness (QED) is 0.942. The molecule has 0 aliphatic heterocycles. The molecule has 0 saturated heterocycles. The zero-order chi connectivity index (χ0) is 14.8. The van der Waals surface area contributed by atoms with Crippen LogP contribution in [0.5, 0.6) is 0 Å². The lowest BCUT2D eigenvalue weighted by molar-refractivity contribution is 0.566. The molecule has 0 amide bonds. The van der Waals surface area contributed by atoms with Crippen molar-refractivity contribution >= 4 is 10.0 Å². The zero-order valence-corrected chi connectivity index (χ0v) is 12.6. The van der Waals surface area contributed by atoms with Gasteiger partial charge < -0.3 is 0 Å². The van der Waals surface area contributed by atoms with Gasteiger partial charge in [0.2, 0.25) is 10.0 Å². The van der Waals surface area contributed by atoms with E-state index in [1.807, 2.05) is 26.0 Å². The van der Waals surface area contributed by atoms with Crippen LogP contribution < -0.4 is 4.72 Å². The number of benzene rings is 1. The van der Waals surface area contributed by atoms with Gasteiger partial charge in [-0.25, -0.2) is 13.1 Å². The van der Waals surface area contributed by atoms with Crippen LogP contribution in [0.3, 0.4) is 0 Å². The van der Waals surface area contributed by atoms with Crippen LogP contribution in [0.1, 0.15) is 29.7 Å². The second-order valence-electron chi connectivity index (χ2n) is 4.88. The van der Waals surface area contributed by atoms with Gasteiger partial charge in [0, 0.05) is 18.4 Å². The van der Waals surface area contributed by atoms with Crippen molar-refractivity contribution in [1.29, 1.82) is 0 Å². The highest BCUT2D eigenvalue weighted by Crippen LogP contribution is 2.18. The van der Waals surface area contributed by atoms with Crippen LogP contribution in [-0.4, -0.2) is 13.4 Å². The molecule has 1 atom stereocenters. The summed E-state index contributed by atoms with van der Waals surface area (Å²) in [5.41, 5.74) is 2.87. The molecule has 2 rings (SSSR count). The zero-order valence-electron chi connectivity index (χ0n) is 11.8. The Bertz CT molecular complexity index is 697. The third kappa shape index (κ3) is 3.23. The van der Waals surface area contributed by atoms with Crippen molar-refractivity contribution in [2.45, 2.75) is 31.7 Å². The van der Waals surface area contributed by atoms with Crippen molar-refractivity contribution in [1.82, 2.24) is 9.71 Å². The van der Waals surface area contributed by atoms with Crippen molar-refractivity contribution in [3.8, 4) is 0 Å². The number of nitrogens with one attached hydrogen (secondary N) is 1. The average Bonchev–Trinajstić information content (AvgIpc) is 2.42. The normalized spacial score (nSPS) is 13.2. The molecule has 1 heterocycles. The van der Waals surface area contributed by atoms with Gasteiger partial charge in [-0.05, 0) is 55.7 Å². The second kappa shape index (κ2) is 5.73. The maximum Gasteiger partial charge on any atom is 0.241 e. The summed E-state index contributed by atoms with van der Waals surface area (Å²) in [6.45, 7) is 5.66. The van der Waals surface area contributed by atoms with Crippen molar-refractivity contribution in [2.24, 2.45) is 0 Å². The van der Waals surface area contributed by atoms with Crippen LogP contribution in [0.4, 0.5) is 0 Å². The predicted molar refractivity (Wildman–Crippen MR) is 78.9 cm³/mol. The Labute approximate surface area is 119 Å². The summed E-state index contributed by atoms with van der Waals surface area (Å²) in [7, 11) is -3.52. The molecule has 0 radical (unpaired) electrons. The minimum Gasteiger partial charge on any atom is -0.264 e. The maximum absolute atomic E-state index is 12.3. The van der Waals surface area contributed by atoms with Crippen molar-refractivity contribution in [3.63, 3.8) is 0 Å². The Morgan fingerprint density at radius 1 is 1.15 bits per heavy atom. The van der Waals surface area contributed by atoms with Gasteiger partial charge in [-0.15, -0.1) is 0 Å². The van der Waals surface area contributed by atoms with Gasteiger partial charge in [0.05, 0.1) is 4.90 Å². The number of aryl methyl sites for hydroxylation is 2. The average molecular weight is 290 g/mol. The van der Waals surface area contributed by atoms with E-state index in [-0.39, 0.29) is 10.9 Å². The van der Waals surface area contributed by atoms with Gasteiger partial charge in [-0.1, -0.05) is 12.1 Å². The molecule has 0 aliphatic rings. The van der Waals surface area contributed by atoms with Gasteiger partial charge in [0.15, 0.2) is 0 Å². The summed E-state index contributed by atoms with van der Waals surface area (Å²) in [5.74, 6) is 0. The van der Waals surface area contributed by atoms with Gasteiger partial charge in [-0.2, -0.15) is 0 Å². The number of rotatable bonds is 4. The van der Waals surface area contributed by atoms with Gasteiger partial charge >= 0.3 is 0 Å². The molecule has 2 aromatic rings. The molecule has 1 aromatic heterocycles. The van der Waals surface area contributed by atoms with Crippen molar-refractivity contribution < 1.29 is 8.42 Å². The number of hydrogen-bond donors (Lipinski definition) is 1. The fourth-order valence-corrected chi connectivity index (χ4v) is 3.20. The number of nitrogens with zero attached hydrogens (tertiary/aromatic N) is 1.